The molecule has 2 atom stereocenters. The number of para-hydroxylation sites is 2. The van der Waals surface area contributed by atoms with Crippen molar-refractivity contribution < 1.29 is 47.0 Å². The minimum atomic E-state index is -1.96. The van der Waals surface area contributed by atoms with Crippen LogP contribution in [-0.4, -0.2) is 45.8 Å². The summed E-state index contributed by atoms with van der Waals surface area (Å²) in [5.41, 5.74) is 4.55. The van der Waals surface area contributed by atoms with E-state index in [-0.39, 0.29) is 31.5 Å². The van der Waals surface area contributed by atoms with Crippen LogP contribution in [0.5, 0.6) is 34.5 Å². The summed E-state index contributed by atoms with van der Waals surface area (Å²) >= 11 is 0. The second-order valence-corrected chi connectivity index (χ2v) is 20.9. The summed E-state index contributed by atoms with van der Waals surface area (Å²) in [6, 6.07) is 26.3. The molecule has 4 aromatic carbocycles. The maximum Gasteiger partial charge on any atom is 0.530 e. The second-order valence-electron chi connectivity index (χ2n) is 19.1. The Morgan fingerprint density at radius 1 is 0.675 bits per heavy atom. The Labute approximate surface area is 472 Å². The lowest BCUT2D eigenvalue weighted by molar-refractivity contribution is 0.293. The molecule has 0 aliphatic rings. The molecule has 0 fully saturated rings. The van der Waals surface area contributed by atoms with Gasteiger partial charge in [0.15, 0.2) is 0 Å². The highest BCUT2D eigenvalue weighted by molar-refractivity contribution is 7.43. The van der Waals surface area contributed by atoms with Gasteiger partial charge in [0.05, 0.1) is 27.1 Å². The number of phenols is 1. The van der Waals surface area contributed by atoms with Gasteiger partial charge >= 0.3 is 8.60 Å². The Balaban J connectivity index is -0.00000128. The van der Waals surface area contributed by atoms with Crippen molar-refractivity contribution in [2.45, 2.75) is 156 Å². The highest BCUT2D eigenvalue weighted by Crippen LogP contribution is 2.52. The molecule has 0 saturated heterocycles. The Morgan fingerprint density at radius 3 is 1.53 bits per heavy atom. The van der Waals surface area contributed by atoms with Crippen molar-refractivity contribution in [3.05, 3.63) is 156 Å². The van der Waals surface area contributed by atoms with E-state index in [9.17, 15) is 5.11 Å². The Bertz CT molecular complexity index is 2250. The van der Waals surface area contributed by atoms with E-state index in [1.54, 1.807) is 34.5 Å². The lowest BCUT2D eigenvalue weighted by atomic mass is 9.83. The van der Waals surface area contributed by atoms with Crippen LogP contribution in [0, 0.1) is 17.3 Å². The summed E-state index contributed by atoms with van der Waals surface area (Å²) in [5.74, 6) is 5.86. The first-order chi connectivity index (χ1) is 36.6. The van der Waals surface area contributed by atoms with Crippen molar-refractivity contribution >= 4 is 17.6 Å². The van der Waals surface area contributed by atoms with Crippen LogP contribution in [-0.2, 0) is 19.2 Å². The average molecular weight is 1110 g/mol. The van der Waals surface area contributed by atoms with Crippen molar-refractivity contribution in [3.63, 3.8) is 0 Å². The number of aliphatic hydroxyl groups is 1. The van der Waals surface area contributed by atoms with E-state index in [1.165, 1.54) is 6.42 Å². The van der Waals surface area contributed by atoms with Crippen molar-refractivity contribution in [2.75, 3.05) is 35.5 Å². The number of phenolic OH excluding ortho intramolecular Hbond substituents is 1. The van der Waals surface area contributed by atoms with Crippen molar-refractivity contribution in [1.29, 1.82) is 0 Å². The Hall–Kier alpha value is -5.24. The first-order valence-electron chi connectivity index (χ1n) is 27.0. The molecule has 0 amide bonds. The number of aliphatic hydroxyl groups excluding tert-OH is 1. The number of methoxy groups -OCH3 is 3. The third-order valence-electron chi connectivity index (χ3n) is 10.5. The zero-order chi connectivity index (χ0) is 59.9. The van der Waals surface area contributed by atoms with Gasteiger partial charge in [-0.3, -0.25) is 0 Å². The van der Waals surface area contributed by atoms with Gasteiger partial charge in [0, 0.05) is 36.5 Å². The third kappa shape index (κ3) is 28.8. The van der Waals surface area contributed by atoms with Gasteiger partial charge in [-0.1, -0.05) is 199 Å². The highest BCUT2D eigenvalue weighted by atomic mass is 31.2. The summed E-state index contributed by atoms with van der Waals surface area (Å²) < 4.78 is 47.0. The van der Waals surface area contributed by atoms with Gasteiger partial charge < -0.3 is 47.0 Å². The zero-order valence-corrected chi connectivity index (χ0v) is 54.1. The van der Waals surface area contributed by atoms with Crippen LogP contribution in [0.2, 0.25) is 0 Å². The highest BCUT2D eigenvalue weighted by Gasteiger charge is 2.30. The molecule has 0 aliphatic carbocycles. The molecule has 0 bridgehead atoms. The lowest BCUT2D eigenvalue weighted by Gasteiger charge is -2.26. The third-order valence-corrected chi connectivity index (χ3v) is 12.0. The maximum absolute atomic E-state index is 11.6. The molecule has 77 heavy (non-hydrogen) atoms. The van der Waals surface area contributed by atoms with Crippen LogP contribution < -0.4 is 23.0 Å². The van der Waals surface area contributed by atoms with Crippen LogP contribution in [0.1, 0.15) is 162 Å². The quantitative estimate of drug-likeness (QED) is 0.0504. The molecule has 2 N–H and O–H groups in total. The zero-order valence-electron chi connectivity index (χ0n) is 52.2. The van der Waals surface area contributed by atoms with Gasteiger partial charge in [0.1, 0.15) is 40.3 Å². The van der Waals surface area contributed by atoms with Crippen molar-refractivity contribution in [3.8, 4) is 45.6 Å². The minimum Gasteiger partial charge on any atom is -0.507 e. The fourth-order valence-electron chi connectivity index (χ4n) is 6.39. The van der Waals surface area contributed by atoms with Crippen LogP contribution >= 0.6 is 17.6 Å². The number of allylic oxidation sites excluding steroid dienone is 8. The van der Waals surface area contributed by atoms with Crippen LogP contribution in [0.4, 0.5) is 0 Å². The van der Waals surface area contributed by atoms with E-state index in [1.807, 2.05) is 146 Å². The number of rotatable bonds is 20. The van der Waals surface area contributed by atoms with E-state index in [0.717, 1.165) is 40.9 Å². The summed E-state index contributed by atoms with van der Waals surface area (Å²) in [4.78, 5) is 0. The molecular weight excluding hydrogens is 1000 g/mol. The van der Waals surface area contributed by atoms with E-state index in [4.69, 9.17) is 41.9 Å². The molecule has 0 spiro atoms. The van der Waals surface area contributed by atoms with Gasteiger partial charge in [0.2, 0.25) is 9.03 Å². The van der Waals surface area contributed by atoms with Gasteiger partial charge in [-0.15, -0.1) is 0 Å². The summed E-state index contributed by atoms with van der Waals surface area (Å²) in [6.07, 6.45) is 11.4. The topological polar surface area (TPSA) is 114 Å². The van der Waals surface area contributed by atoms with Crippen molar-refractivity contribution in [2.24, 2.45) is 17.3 Å². The normalized spacial score (nSPS) is 12.0. The van der Waals surface area contributed by atoms with Gasteiger partial charge in [0.25, 0.3) is 0 Å². The fourth-order valence-corrected chi connectivity index (χ4v) is 7.78. The Morgan fingerprint density at radius 2 is 1.14 bits per heavy atom. The molecular formula is C65H104O10P2. The van der Waals surface area contributed by atoms with Crippen LogP contribution in [0.15, 0.2) is 145 Å². The molecule has 0 heterocycles. The predicted octanol–water partition coefficient (Wildman–Crippen LogP) is 20.3. The smallest absolute Gasteiger partial charge is 0.507 e. The first kappa shape index (κ1) is 76.0. The molecule has 4 aromatic rings. The van der Waals surface area contributed by atoms with E-state index in [2.05, 4.69) is 109 Å². The number of hydrogen-bond donors (Lipinski definition) is 2. The van der Waals surface area contributed by atoms with E-state index < -0.39 is 8.60 Å². The molecule has 4 rings (SSSR count). The van der Waals surface area contributed by atoms with Crippen LogP contribution in [0.3, 0.4) is 0 Å². The summed E-state index contributed by atoms with van der Waals surface area (Å²) in [7, 11) is 5.54. The lowest BCUT2D eigenvalue weighted by Crippen LogP contribution is -2.12. The Kier molecular flexibility index (Phi) is 42.2. The molecule has 0 saturated carbocycles. The largest absolute Gasteiger partial charge is 0.530 e. The van der Waals surface area contributed by atoms with E-state index in [0.29, 0.717) is 51.7 Å². The van der Waals surface area contributed by atoms with E-state index >= 15 is 0 Å². The number of aromatic hydroxyl groups is 1. The molecule has 2 unspecified atom stereocenters. The minimum absolute atomic E-state index is 0.0592. The molecule has 434 valence electrons. The van der Waals surface area contributed by atoms with Gasteiger partial charge in [-0.2, -0.15) is 0 Å². The number of benzene rings is 4. The molecule has 0 aromatic heterocycles. The van der Waals surface area contributed by atoms with Crippen LogP contribution in [0.25, 0.3) is 11.1 Å². The number of hydrogen-bond acceptors (Lipinski definition) is 10. The monoisotopic (exact) mass is 1110 g/mol. The summed E-state index contributed by atoms with van der Waals surface area (Å²) in [5, 5.41) is 18.6. The molecule has 0 aliphatic heterocycles. The van der Waals surface area contributed by atoms with Gasteiger partial charge in [-0.25, -0.2) is 0 Å². The number of ether oxygens (including phenoxy) is 3. The maximum atomic E-state index is 11.6. The molecule has 10 nitrogen and oxygen atoms in total. The predicted molar refractivity (Wildman–Crippen MR) is 334 cm³/mol. The SMILES string of the molecule is C=C\C=C(/C(=C/C(=C/C(C)C(C)C)/C=C(\C)OC)OPOC)C(C)(C)C.CC.CC.CC.CCC.CO.COc1cc(-c2cc(OC)cc(C(C)(C)C)c2O)c(OP(Oc2ccccc2)Oc2ccccc2)c(C(C)C)c1. The molecule has 12 heteroatoms. The first-order valence-corrected chi connectivity index (χ1v) is 29.0. The molecule has 0 radical (unpaired) electrons. The van der Waals surface area contributed by atoms with Gasteiger partial charge in [-0.05, 0) is 107 Å². The second kappa shape index (κ2) is 42.7. The fraction of sp³-hybridized carbons (Fsp3) is 0.477. The average Bonchev–Trinajstić information content (AvgIpc) is 3.41. The standard InChI is InChI=1S/C33H37O6P.C22H37O3P.C3H8.3C2H6.CH4O/c1-22(2)27-18-25(35-6)20-29(28-19-26(36-7)21-30(31(28)34)33(3,4)5)32(27)39-40(37-23-14-10-8-11-15-23)38-24-16-12-9-13-17-24;1-11-12-20(22(6,7)8)21(25-26-24-10)15-19(14-18(5)23-9)13-17(4)16(2)3;1-3-2;4*1-2/h8-22,34H,1-7H3;11-17,26H,1H2,2-10H3;3H2,1-2H3;3*1-2H3;2H,1H3/b;18-14+,19-13+,20-12+,21-15-;;;;;. The van der Waals surface area contributed by atoms with Crippen molar-refractivity contribution in [1.82, 2.24) is 0 Å². The summed E-state index contributed by atoms with van der Waals surface area (Å²) in [6.45, 7) is 45.5.